The zero-order valence-electron chi connectivity index (χ0n) is 34.9. The summed E-state index contributed by atoms with van der Waals surface area (Å²) in [6.45, 7) is 0. The van der Waals surface area contributed by atoms with Gasteiger partial charge < -0.3 is 18.9 Å². The lowest BCUT2D eigenvalue weighted by molar-refractivity contribution is 1.18. The standard InChI is InChI=1S/C60H40N4/c1-3-19-45(20-4-1)63-57-29-9-7-27-53(57)55-33-31-51(39-59(55)63)61-47-23-11-15-41(35-47)43-17-13-25-49(37-43)62(50-26-14-18-44(38-50)42-16-12-24-48(61)36-42)52-32-34-56-54-28-8-10-30-58(54)64(60(56)40-52)46-21-5-2-6-22-46/h1-40H. The second-order valence-electron chi connectivity index (χ2n) is 16.7. The monoisotopic (exact) mass is 816 g/mol. The third kappa shape index (κ3) is 5.77. The summed E-state index contributed by atoms with van der Waals surface area (Å²) in [5.41, 5.74) is 18.1. The van der Waals surface area contributed by atoms with Crippen LogP contribution in [0, 0.1) is 0 Å². The minimum Gasteiger partial charge on any atom is -0.310 e. The van der Waals surface area contributed by atoms with E-state index >= 15 is 0 Å². The molecule has 0 fully saturated rings. The maximum absolute atomic E-state index is 2.41. The quantitative estimate of drug-likeness (QED) is 0.176. The molecular weight excluding hydrogens is 777 g/mol. The SMILES string of the molecule is c1ccc(-n2c3ccccc3c3ccc(N4c5cccc(c5)-c5cccc(c5)N(c5ccc6c7ccccc7n(-c7ccccc7)c6c5)c5cccc(c5)-c5cccc4c5)cc32)cc1. The molecule has 0 N–H and O–H groups in total. The number of hydrogen-bond acceptors (Lipinski definition) is 2. The first-order valence-electron chi connectivity index (χ1n) is 21.9. The number of para-hydroxylation sites is 4. The number of anilines is 6. The van der Waals surface area contributed by atoms with E-state index in [0.717, 1.165) is 67.8 Å². The Bertz CT molecular complexity index is 3410. The van der Waals surface area contributed by atoms with E-state index < -0.39 is 0 Å². The Morgan fingerprint density at radius 2 is 0.484 bits per heavy atom. The molecule has 0 saturated carbocycles. The van der Waals surface area contributed by atoms with Gasteiger partial charge in [0.2, 0.25) is 0 Å². The number of hydrogen-bond donors (Lipinski definition) is 0. The molecule has 0 atom stereocenters. The van der Waals surface area contributed by atoms with Gasteiger partial charge in [-0.05, 0) is 131 Å². The van der Waals surface area contributed by atoms with Gasteiger partial charge in [-0.3, -0.25) is 0 Å². The topological polar surface area (TPSA) is 16.3 Å². The highest BCUT2D eigenvalue weighted by molar-refractivity contribution is 6.11. The third-order valence-corrected chi connectivity index (χ3v) is 12.9. The first-order valence-corrected chi connectivity index (χ1v) is 21.9. The average molecular weight is 817 g/mol. The fraction of sp³-hybridized carbons (Fsp3) is 0. The highest BCUT2D eigenvalue weighted by Crippen LogP contribution is 2.45. The molecule has 300 valence electrons. The molecule has 64 heavy (non-hydrogen) atoms. The molecular formula is C60H40N4. The number of aromatic nitrogens is 2. The van der Waals surface area contributed by atoms with Gasteiger partial charge in [-0.1, -0.05) is 133 Å². The second kappa shape index (κ2) is 14.5. The van der Waals surface area contributed by atoms with Crippen molar-refractivity contribution in [1.29, 1.82) is 0 Å². The van der Waals surface area contributed by atoms with Crippen LogP contribution in [-0.4, -0.2) is 9.13 Å². The van der Waals surface area contributed by atoms with Gasteiger partial charge in [0.25, 0.3) is 0 Å². The van der Waals surface area contributed by atoms with E-state index in [0.29, 0.717) is 0 Å². The first-order chi connectivity index (χ1) is 31.7. The molecule has 0 amide bonds. The maximum atomic E-state index is 2.41. The first kappa shape index (κ1) is 36.1. The number of fused-ring (bicyclic) bond motifs is 16. The molecule has 12 aromatic rings. The predicted octanol–water partition coefficient (Wildman–Crippen LogP) is 16.5. The van der Waals surface area contributed by atoms with Gasteiger partial charge >= 0.3 is 0 Å². The summed E-state index contributed by atoms with van der Waals surface area (Å²) in [5.74, 6) is 0. The van der Waals surface area contributed by atoms with E-state index in [1.807, 2.05) is 0 Å². The van der Waals surface area contributed by atoms with Gasteiger partial charge in [-0.25, -0.2) is 0 Å². The number of benzene rings is 10. The van der Waals surface area contributed by atoms with E-state index in [1.165, 1.54) is 43.6 Å². The van der Waals surface area contributed by atoms with Crippen LogP contribution in [0.1, 0.15) is 0 Å². The maximum Gasteiger partial charge on any atom is 0.0561 e. The largest absolute Gasteiger partial charge is 0.310 e. The van der Waals surface area contributed by atoms with Crippen LogP contribution in [0.3, 0.4) is 0 Å². The van der Waals surface area contributed by atoms with E-state index in [9.17, 15) is 0 Å². The number of rotatable bonds is 4. The van der Waals surface area contributed by atoms with Crippen LogP contribution in [0.2, 0.25) is 0 Å². The Hall–Kier alpha value is -8.60. The van der Waals surface area contributed by atoms with E-state index in [2.05, 4.69) is 262 Å². The second-order valence-corrected chi connectivity index (χ2v) is 16.7. The van der Waals surface area contributed by atoms with Crippen molar-refractivity contribution < 1.29 is 0 Å². The van der Waals surface area contributed by atoms with Gasteiger partial charge in [0, 0.05) is 67.0 Å². The van der Waals surface area contributed by atoms with Crippen molar-refractivity contribution in [2.75, 3.05) is 9.80 Å². The van der Waals surface area contributed by atoms with Crippen LogP contribution in [0.4, 0.5) is 34.1 Å². The van der Waals surface area contributed by atoms with Crippen molar-refractivity contribution in [3.63, 3.8) is 0 Å². The molecule has 0 spiro atoms. The minimum absolute atomic E-state index is 1.09. The van der Waals surface area contributed by atoms with Crippen LogP contribution in [0.15, 0.2) is 243 Å². The summed E-state index contributed by atoms with van der Waals surface area (Å²) in [4.78, 5) is 4.82. The number of nitrogens with zero attached hydrogens (tertiary/aromatic N) is 4. The molecule has 2 aromatic heterocycles. The van der Waals surface area contributed by atoms with Gasteiger partial charge in [-0.15, -0.1) is 0 Å². The molecule has 3 heterocycles. The molecule has 0 aliphatic carbocycles. The van der Waals surface area contributed by atoms with Gasteiger partial charge in [0.15, 0.2) is 0 Å². The van der Waals surface area contributed by atoms with Crippen molar-refractivity contribution >= 4 is 77.7 Å². The lowest BCUT2D eigenvalue weighted by Gasteiger charge is -2.29. The molecule has 0 unspecified atom stereocenters. The van der Waals surface area contributed by atoms with Crippen molar-refractivity contribution in [2.24, 2.45) is 0 Å². The lowest BCUT2D eigenvalue weighted by Crippen LogP contribution is -2.11. The van der Waals surface area contributed by atoms with Crippen LogP contribution in [0.5, 0.6) is 0 Å². The Kier molecular flexibility index (Phi) is 8.18. The van der Waals surface area contributed by atoms with Crippen LogP contribution < -0.4 is 9.80 Å². The van der Waals surface area contributed by atoms with E-state index in [1.54, 1.807) is 0 Å². The molecule has 4 heteroatoms. The molecule has 8 bridgehead atoms. The zero-order chi connectivity index (χ0) is 42.1. The Morgan fingerprint density at radius 3 is 0.859 bits per heavy atom. The molecule has 4 nitrogen and oxygen atoms in total. The normalized spacial score (nSPS) is 12.3. The predicted molar refractivity (Wildman–Crippen MR) is 269 cm³/mol. The summed E-state index contributed by atoms with van der Waals surface area (Å²) >= 11 is 0. The lowest BCUT2D eigenvalue weighted by atomic mass is 10.00. The average Bonchev–Trinajstić information content (AvgIpc) is 3.87. The molecule has 1 aliphatic heterocycles. The van der Waals surface area contributed by atoms with Crippen molar-refractivity contribution in [2.45, 2.75) is 0 Å². The third-order valence-electron chi connectivity index (χ3n) is 12.9. The summed E-state index contributed by atoms with van der Waals surface area (Å²) in [6, 6.07) is 88.7. The highest BCUT2D eigenvalue weighted by Gasteiger charge is 2.22. The van der Waals surface area contributed by atoms with Crippen LogP contribution in [0.25, 0.3) is 77.2 Å². The van der Waals surface area contributed by atoms with Crippen molar-refractivity contribution in [3.05, 3.63) is 243 Å². The fourth-order valence-corrected chi connectivity index (χ4v) is 10.1. The Balaban J connectivity index is 1.02. The van der Waals surface area contributed by atoms with Gasteiger partial charge in [0.1, 0.15) is 0 Å². The fourth-order valence-electron chi connectivity index (χ4n) is 10.1. The summed E-state index contributed by atoms with van der Waals surface area (Å²) in [6.07, 6.45) is 0. The minimum atomic E-state index is 1.09. The summed E-state index contributed by atoms with van der Waals surface area (Å²) in [7, 11) is 0. The molecule has 13 rings (SSSR count). The molecule has 10 aromatic carbocycles. The molecule has 0 saturated heterocycles. The van der Waals surface area contributed by atoms with Crippen LogP contribution >= 0.6 is 0 Å². The van der Waals surface area contributed by atoms with Crippen molar-refractivity contribution in [1.82, 2.24) is 9.13 Å². The highest BCUT2D eigenvalue weighted by atomic mass is 15.2. The summed E-state index contributed by atoms with van der Waals surface area (Å²) in [5, 5.41) is 4.94. The van der Waals surface area contributed by atoms with Crippen LogP contribution in [-0.2, 0) is 0 Å². The summed E-state index contributed by atoms with van der Waals surface area (Å²) < 4.78 is 4.79. The Morgan fingerprint density at radius 1 is 0.188 bits per heavy atom. The molecule has 1 aliphatic rings. The Labute approximate surface area is 371 Å². The molecule has 0 radical (unpaired) electrons. The smallest absolute Gasteiger partial charge is 0.0561 e. The van der Waals surface area contributed by atoms with E-state index in [4.69, 9.17) is 0 Å². The van der Waals surface area contributed by atoms with Gasteiger partial charge in [0.05, 0.1) is 22.1 Å². The van der Waals surface area contributed by atoms with Gasteiger partial charge in [-0.2, -0.15) is 0 Å². The van der Waals surface area contributed by atoms with E-state index in [-0.39, 0.29) is 0 Å². The zero-order valence-corrected chi connectivity index (χ0v) is 34.9. The van der Waals surface area contributed by atoms with Crippen molar-refractivity contribution in [3.8, 4) is 33.6 Å².